The average Bonchev–Trinajstić information content (AvgIpc) is 2.85. The quantitative estimate of drug-likeness (QED) is 0.306. The number of hydrogen-bond acceptors (Lipinski definition) is 7. The van der Waals surface area contributed by atoms with Gasteiger partial charge in [0.1, 0.15) is 6.61 Å². The second-order valence-corrected chi connectivity index (χ2v) is 8.50. The molecular weight excluding hydrogens is 448 g/mol. The fourth-order valence-electron chi connectivity index (χ4n) is 4.14. The summed E-state index contributed by atoms with van der Waals surface area (Å²) in [7, 11) is 0. The lowest BCUT2D eigenvalue weighted by molar-refractivity contribution is -0.156. The molecule has 1 fully saturated rings. The van der Waals surface area contributed by atoms with Crippen LogP contribution in [0.5, 0.6) is 0 Å². The van der Waals surface area contributed by atoms with Gasteiger partial charge >= 0.3 is 18.0 Å². The van der Waals surface area contributed by atoms with Crippen molar-refractivity contribution in [1.82, 2.24) is 9.80 Å². The van der Waals surface area contributed by atoms with Crippen LogP contribution in [0.15, 0.2) is 54.6 Å². The van der Waals surface area contributed by atoms with Gasteiger partial charge in [-0.3, -0.25) is 14.5 Å². The summed E-state index contributed by atoms with van der Waals surface area (Å²) in [5, 5.41) is 0. The van der Waals surface area contributed by atoms with Gasteiger partial charge < -0.3 is 19.1 Å². The number of ether oxygens (including phenoxy) is 3. The van der Waals surface area contributed by atoms with E-state index in [1.165, 1.54) is 0 Å². The van der Waals surface area contributed by atoms with Crippen molar-refractivity contribution in [2.45, 2.75) is 45.9 Å². The fourth-order valence-corrected chi connectivity index (χ4v) is 4.14. The molecule has 35 heavy (non-hydrogen) atoms. The van der Waals surface area contributed by atoms with E-state index < -0.39 is 17.9 Å². The molecule has 1 aliphatic rings. The monoisotopic (exact) mass is 482 g/mol. The molecule has 1 aliphatic heterocycles. The maximum atomic E-state index is 12.6. The lowest BCUT2D eigenvalue weighted by Crippen LogP contribution is -2.53. The van der Waals surface area contributed by atoms with Crippen LogP contribution in [0.3, 0.4) is 0 Å². The largest absolute Gasteiger partial charge is 0.465 e. The van der Waals surface area contributed by atoms with Crippen LogP contribution in [-0.2, 0) is 37.0 Å². The molecule has 0 bridgehead atoms. The highest BCUT2D eigenvalue weighted by Gasteiger charge is 2.32. The van der Waals surface area contributed by atoms with E-state index in [1.54, 1.807) is 30.9 Å². The van der Waals surface area contributed by atoms with Gasteiger partial charge in [-0.05, 0) is 37.5 Å². The Kier molecular flexibility index (Phi) is 9.66. The van der Waals surface area contributed by atoms with Crippen LogP contribution in [0.25, 0.3) is 0 Å². The Labute approximate surface area is 206 Å². The minimum atomic E-state index is -1.09. The van der Waals surface area contributed by atoms with Crippen molar-refractivity contribution in [3.63, 3.8) is 0 Å². The zero-order chi connectivity index (χ0) is 25.2. The Morgan fingerprint density at radius 2 is 1.49 bits per heavy atom. The van der Waals surface area contributed by atoms with Gasteiger partial charge in [0.05, 0.1) is 13.2 Å². The summed E-state index contributed by atoms with van der Waals surface area (Å²) in [6, 6.07) is 17.0. The van der Waals surface area contributed by atoms with Gasteiger partial charge in [0.25, 0.3) is 0 Å². The van der Waals surface area contributed by atoms with Gasteiger partial charge in [-0.25, -0.2) is 4.79 Å². The topological polar surface area (TPSA) is 85.4 Å². The van der Waals surface area contributed by atoms with Crippen molar-refractivity contribution in [3.05, 3.63) is 71.3 Å². The second kappa shape index (κ2) is 12.9. The van der Waals surface area contributed by atoms with Crippen LogP contribution in [0.2, 0.25) is 0 Å². The van der Waals surface area contributed by atoms with Crippen molar-refractivity contribution < 1.29 is 28.6 Å². The molecule has 0 aromatic heterocycles. The summed E-state index contributed by atoms with van der Waals surface area (Å²) in [4.78, 5) is 41.3. The second-order valence-electron chi connectivity index (χ2n) is 8.50. The van der Waals surface area contributed by atoms with E-state index in [4.69, 9.17) is 14.2 Å². The Balaban J connectivity index is 1.55. The number of esters is 2. The number of amides is 1. The molecule has 188 valence electrons. The molecule has 8 nitrogen and oxygen atoms in total. The third-order valence-corrected chi connectivity index (χ3v) is 5.92. The van der Waals surface area contributed by atoms with Gasteiger partial charge in [-0.15, -0.1) is 0 Å². The zero-order valence-corrected chi connectivity index (χ0v) is 20.6. The van der Waals surface area contributed by atoms with Crippen LogP contribution in [0.1, 0.15) is 43.4 Å². The minimum absolute atomic E-state index is 0.0169. The first-order valence-electron chi connectivity index (χ1n) is 12.0. The number of hydrogen-bond donors (Lipinski definition) is 0. The van der Waals surface area contributed by atoms with Crippen LogP contribution in [0.4, 0.5) is 4.79 Å². The predicted octanol–water partition coefficient (Wildman–Crippen LogP) is 3.74. The zero-order valence-electron chi connectivity index (χ0n) is 20.6. The van der Waals surface area contributed by atoms with Crippen LogP contribution in [-0.4, -0.2) is 66.7 Å². The first-order valence-corrected chi connectivity index (χ1v) is 12.0. The molecule has 0 aliphatic carbocycles. The third kappa shape index (κ3) is 7.29. The Morgan fingerprint density at radius 3 is 2.06 bits per heavy atom. The average molecular weight is 483 g/mol. The molecule has 1 atom stereocenters. The molecular formula is C27H34N2O6. The maximum absolute atomic E-state index is 12.6. The molecule has 8 heteroatoms. The smallest absolute Gasteiger partial charge is 0.410 e. The lowest BCUT2D eigenvalue weighted by atomic mass is 9.98. The third-order valence-electron chi connectivity index (χ3n) is 5.92. The predicted molar refractivity (Wildman–Crippen MR) is 131 cm³/mol. The number of piperazine rings is 1. The number of benzene rings is 2. The lowest BCUT2D eigenvalue weighted by Gasteiger charge is -2.39. The molecule has 1 heterocycles. The van der Waals surface area contributed by atoms with E-state index in [0.29, 0.717) is 18.7 Å². The van der Waals surface area contributed by atoms with Crippen molar-refractivity contribution >= 4 is 18.0 Å². The fraction of sp³-hybridized carbons (Fsp3) is 0.444. The number of carbonyl (C=O) groups is 3. The first-order chi connectivity index (χ1) is 16.9. The molecule has 1 amide bonds. The van der Waals surface area contributed by atoms with Crippen molar-refractivity contribution in [2.75, 3.05) is 32.8 Å². The summed E-state index contributed by atoms with van der Waals surface area (Å²) in [6.45, 7) is 8.78. The van der Waals surface area contributed by atoms with Gasteiger partial charge in [-0.2, -0.15) is 0 Å². The van der Waals surface area contributed by atoms with Crippen molar-refractivity contribution in [1.29, 1.82) is 0 Å². The van der Waals surface area contributed by atoms with E-state index >= 15 is 0 Å². The molecule has 0 radical (unpaired) electrons. The Morgan fingerprint density at radius 1 is 0.857 bits per heavy atom. The molecule has 0 N–H and O–H groups in total. The van der Waals surface area contributed by atoms with E-state index in [2.05, 4.69) is 4.90 Å². The normalized spacial score (nSPS) is 16.1. The highest BCUT2D eigenvalue weighted by Crippen LogP contribution is 2.22. The molecule has 3 rings (SSSR count). The van der Waals surface area contributed by atoms with Gasteiger partial charge in [0.15, 0.2) is 5.92 Å². The van der Waals surface area contributed by atoms with Gasteiger partial charge in [0.2, 0.25) is 0 Å². The highest BCUT2D eigenvalue weighted by molar-refractivity contribution is 6.00. The maximum Gasteiger partial charge on any atom is 0.410 e. The Hall–Kier alpha value is -3.39. The molecule has 0 unspecified atom stereocenters. The molecule has 0 saturated carbocycles. The summed E-state index contributed by atoms with van der Waals surface area (Å²) < 4.78 is 15.6. The Bertz CT molecular complexity index is 961. The molecule has 2 aromatic carbocycles. The molecule has 0 spiro atoms. The van der Waals surface area contributed by atoms with E-state index in [9.17, 15) is 14.4 Å². The van der Waals surface area contributed by atoms with Crippen LogP contribution < -0.4 is 0 Å². The van der Waals surface area contributed by atoms with E-state index in [-0.39, 0.29) is 32.0 Å². The van der Waals surface area contributed by atoms with E-state index in [0.717, 1.165) is 24.2 Å². The standard InChI is InChI=1S/C27H34N2O6/c1-4-33-25(30)24(26(31)34-5-2)23-13-11-21(12-14-23)18-28-15-16-29(20(3)17-28)27(32)35-19-22-9-7-6-8-10-22/h6-14,20,24H,4-5,15-19H2,1-3H3/t20-/m0/s1. The summed E-state index contributed by atoms with van der Waals surface area (Å²) in [5.74, 6) is -2.31. The number of rotatable bonds is 9. The van der Waals surface area contributed by atoms with Crippen molar-refractivity contribution in [2.24, 2.45) is 0 Å². The first kappa shape index (κ1) is 26.2. The van der Waals surface area contributed by atoms with Crippen LogP contribution >= 0.6 is 0 Å². The van der Waals surface area contributed by atoms with Gasteiger partial charge in [-0.1, -0.05) is 54.6 Å². The molecule has 2 aromatic rings. The molecule has 1 saturated heterocycles. The summed E-state index contributed by atoms with van der Waals surface area (Å²) in [6.07, 6.45) is -0.297. The summed E-state index contributed by atoms with van der Waals surface area (Å²) in [5.41, 5.74) is 2.56. The number of nitrogens with zero attached hydrogens (tertiary/aromatic N) is 2. The van der Waals surface area contributed by atoms with Gasteiger partial charge in [0, 0.05) is 32.2 Å². The van der Waals surface area contributed by atoms with Crippen LogP contribution in [0, 0.1) is 0 Å². The van der Waals surface area contributed by atoms with Crippen molar-refractivity contribution in [3.8, 4) is 0 Å². The van der Waals surface area contributed by atoms with E-state index in [1.807, 2.05) is 49.4 Å². The summed E-state index contributed by atoms with van der Waals surface area (Å²) >= 11 is 0. The SMILES string of the molecule is CCOC(=O)C(C(=O)OCC)c1ccc(CN2CCN(C(=O)OCc3ccccc3)[C@@H](C)C2)cc1. The highest BCUT2D eigenvalue weighted by atomic mass is 16.6. The number of carbonyl (C=O) groups excluding carboxylic acids is 3. The minimum Gasteiger partial charge on any atom is -0.465 e.